The van der Waals surface area contributed by atoms with Gasteiger partial charge in [0.15, 0.2) is 11.3 Å². The van der Waals surface area contributed by atoms with E-state index in [2.05, 4.69) is 9.97 Å². The number of para-hydroxylation sites is 2. The number of oxazole rings is 1. The Morgan fingerprint density at radius 2 is 2.03 bits per heavy atom. The number of nitrogen functional groups attached to an aromatic ring is 1. The molecule has 0 aliphatic heterocycles. The summed E-state index contributed by atoms with van der Waals surface area (Å²) in [5.74, 6) is -0.293. The van der Waals surface area contributed by atoms with Gasteiger partial charge in [-0.3, -0.25) is 19.1 Å². The molecule has 30 heavy (non-hydrogen) atoms. The zero-order chi connectivity index (χ0) is 21.7. The average Bonchev–Trinajstić information content (AvgIpc) is 3.14. The van der Waals surface area contributed by atoms with E-state index in [4.69, 9.17) is 10.2 Å². The molecule has 1 amide bonds. The molecule has 10 heteroatoms. The molecule has 0 unspecified atom stereocenters. The van der Waals surface area contributed by atoms with Crippen LogP contribution < -0.4 is 21.9 Å². The number of rotatable bonds is 9. The second-order valence-corrected chi connectivity index (χ2v) is 7.71. The van der Waals surface area contributed by atoms with Crippen molar-refractivity contribution in [2.24, 2.45) is 0 Å². The van der Waals surface area contributed by atoms with Crippen LogP contribution in [0.25, 0.3) is 11.1 Å². The first-order valence-corrected chi connectivity index (χ1v) is 10.9. The summed E-state index contributed by atoms with van der Waals surface area (Å²) in [4.78, 5) is 45.7. The first-order chi connectivity index (χ1) is 14.5. The SMILES string of the molecule is CCCCN(C(=O)CSc1nc2ccccc2o1)c1c(N)n(CCC)c(=O)[nH]c1=O. The second-order valence-electron chi connectivity index (χ2n) is 6.78. The van der Waals surface area contributed by atoms with Crippen molar-refractivity contribution in [3.63, 3.8) is 0 Å². The molecule has 2 aromatic heterocycles. The number of unbranched alkanes of at least 4 members (excludes halogenated alkanes) is 1. The number of anilines is 2. The standard InChI is InChI=1S/C20H25N5O4S/c1-3-5-11-24(16-17(21)25(10-4-2)19(28)23-18(16)27)15(26)12-30-20-22-13-8-6-7-9-14(13)29-20/h6-9H,3-5,10-12,21H2,1-2H3,(H,23,27,28). The number of nitrogens with one attached hydrogen (secondary N) is 1. The van der Waals surface area contributed by atoms with E-state index in [1.54, 1.807) is 6.07 Å². The Labute approximate surface area is 177 Å². The van der Waals surface area contributed by atoms with Crippen LogP contribution in [0.2, 0.25) is 0 Å². The van der Waals surface area contributed by atoms with E-state index in [0.29, 0.717) is 42.3 Å². The van der Waals surface area contributed by atoms with E-state index < -0.39 is 11.2 Å². The predicted molar refractivity (Wildman–Crippen MR) is 118 cm³/mol. The Hall–Kier alpha value is -3.01. The molecule has 0 bridgehead atoms. The molecule has 0 aliphatic rings. The molecule has 1 aromatic carbocycles. The van der Waals surface area contributed by atoms with Gasteiger partial charge in [0.05, 0.1) is 5.75 Å². The highest BCUT2D eigenvalue weighted by atomic mass is 32.2. The van der Waals surface area contributed by atoms with Crippen LogP contribution in [0.5, 0.6) is 0 Å². The van der Waals surface area contributed by atoms with Gasteiger partial charge in [-0.15, -0.1) is 0 Å². The van der Waals surface area contributed by atoms with Crippen LogP contribution >= 0.6 is 11.8 Å². The third-order valence-corrected chi connectivity index (χ3v) is 5.37. The van der Waals surface area contributed by atoms with E-state index in [9.17, 15) is 14.4 Å². The van der Waals surface area contributed by atoms with Crippen molar-refractivity contribution in [1.82, 2.24) is 14.5 Å². The highest BCUT2D eigenvalue weighted by Gasteiger charge is 2.24. The first-order valence-electron chi connectivity index (χ1n) is 9.87. The molecule has 9 nitrogen and oxygen atoms in total. The summed E-state index contributed by atoms with van der Waals surface area (Å²) in [6.07, 6.45) is 2.17. The van der Waals surface area contributed by atoms with E-state index in [0.717, 1.165) is 18.2 Å². The van der Waals surface area contributed by atoms with Gasteiger partial charge in [-0.2, -0.15) is 0 Å². The Balaban J connectivity index is 1.88. The molecule has 0 saturated carbocycles. The lowest BCUT2D eigenvalue weighted by Gasteiger charge is -2.24. The molecule has 0 saturated heterocycles. The summed E-state index contributed by atoms with van der Waals surface area (Å²) in [6, 6.07) is 7.34. The number of aromatic amines is 1. The Kier molecular flexibility index (Phi) is 6.99. The fourth-order valence-electron chi connectivity index (χ4n) is 3.08. The Morgan fingerprint density at radius 1 is 1.27 bits per heavy atom. The fraction of sp³-hybridized carbons (Fsp3) is 0.400. The number of fused-ring (bicyclic) bond motifs is 1. The lowest BCUT2D eigenvalue weighted by molar-refractivity contribution is -0.116. The zero-order valence-corrected chi connectivity index (χ0v) is 17.8. The molecule has 0 atom stereocenters. The molecular weight excluding hydrogens is 406 g/mol. The lowest BCUT2D eigenvalue weighted by atomic mass is 10.2. The maximum atomic E-state index is 13.0. The number of hydrogen-bond donors (Lipinski definition) is 2. The van der Waals surface area contributed by atoms with Crippen molar-refractivity contribution in [2.45, 2.75) is 44.9 Å². The molecule has 0 aliphatic carbocycles. The van der Waals surface area contributed by atoms with Crippen LogP contribution in [-0.4, -0.2) is 32.7 Å². The van der Waals surface area contributed by atoms with E-state index in [1.165, 1.54) is 9.47 Å². The van der Waals surface area contributed by atoms with Crippen LogP contribution in [0.1, 0.15) is 33.1 Å². The summed E-state index contributed by atoms with van der Waals surface area (Å²) in [6.45, 7) is 4.55. The maximum absolute atomic E-state index is 13.0. The lowest BCUT2D eigenvalue weighted by Crippen LogP contribution is -2.42. The number of nitrogens with two attached hydrogens (primary N) is 1. The molecule has 3 rings (SSSR count). The topological polar surface area (TPSA) is 127 Å². The number of carbonyl (C=O) groups is 1. The van der Waals surface area contributed by atoms with Gasteiger partial charge >= 0.3 is 5.69 Å². The first kappa shape index (κ1) is 21.7. The average molecular weight is 432 g/mol. The third kappa shape index (κ3) is 4.59. The van der Waals surface area contributed by atoms with Gasteiger partial charge in [0.25, 0.3) is 10.8 Å². The smallest absolute Gasteiger partial charge is 0.330 e. The van der Waals surface area contributed by atoms with Crippen molar-refractivity contribution in [1.29, 1.82) is 0 Å². The molecule has 3 N–H and O–H groups in total. The van der Waals surface area contributed by atoms with Crippen molar-refractivity contribution in [2.75, 3.05) is 22.9 Å². The number of benzene rings is 1. The summed E-state index contributed by atoms with van der Waals surface area (Å²) in [7, 11) is 0. The van der Waals surface area contributed by atoms with Gasteiger partial charge in [0.1, 0.15) is 11.3 Å². The largest absolute Gasteiger partial charge is 0.431 e. The monoisotopic (exact) mass is 431 g/mol. The zero-order valence-electron chi connectivity index (χ0n) is 17.0. The van der Waals surface area contributed by atoms with Crippen LogP contribution in [-0.2, 0) is 11.3 Å². The molecule has 160 valence electrons. The van der Waals surface area contributed by atoms with Crippen molar-refractivity contribution < 1.29 is 9.21 Å². The molecule has 0 radical (unpaired) electrons. The number of carbonyl (C=O) groups excluding carboxylic acids is 1. The second kappa shape index (κ2) is 9.66. The number of hydrogen-bond acceptors (Lipinski definition) is 7. The minimum Gasteiger partial charge on any atom is -0.431 e. The maximum Gasteiger partial charge on any atom is 0.330 e. The number of H-pyrrole nitrogens is 1. The summed E-state index contributed by atoms with van der Waals surface area (Å²) < 4.78 is 6.93. The van der Waals surface area contributed by atoms with Crippen molar-refractivity contribution in [3.05, 3.63) is 45.1 Å². The van der Waals surface area contributed by atoms with Gasteiger partial charge in [-0.25, -0.2) is 9.78 Å². The highest BCUT2D eigenvalue weighted by molar-refractivity contribution is 7.99. The molecule has 3 aromatic rings. The normalized spacial score (nSPS) is 11.1. The van der Waals surface area contributed by atoms with Crippen LogP contribution in [0.4, 0.5) is 11.5 Å². The molecule has 2 heterocycles. The van der Waals surface area contributed by atoms with Crippen molar-refractivity contribution >= 4 is 40.3 Å². The van der Waals surface area contributed by atoms with Gasteiger partial charge in [0.2, 0.25) is 5.91 Å². The number of thioether (sulfide) groups is 1. The summed E-state index contributed by atoms with van der Waals surface area (Å²) in [5, 5.41) is 0.373. The minimum absolute atomic E-state index is 0.00177. The van der Waals surface area contributed by atoms with E-state index >= 15 is 0 Å². The molecule has 0 fully saturated rings. The highest BCUT2D eigenvalue weighted by Crippen LogP contribution is 2.25. The van der Waals surface area contributed by atoms with Crippen LogP contribution in [0.3, 0.4) is 0 Å². The third-order valence-electron chi connectivity index (χ3n) is 4.56. The number of aromatic nitrogens is 3. The Morgan fingerprint density at radius 3 is 2.73 bits per heavy atom. The van der Waals surface area contributed by atoms with E-state index in [1.807, 2.05) is 32.0 Å². The summed E-state index contributed by atoms with van der Waals surface area (Å²) in [5.41, 5.74) is 6.27. The van der Waals surface area contributed by atoms with Crippen LogP contribution in [0.15, 0.2) is 43.5 Å². The number of nitrogens with zero attached hydrogens (tertiary/aromatic N) is 3. The van der Waals surface area contributed by atoms with Gasteiger partial charge < -0.3 is 15.1 Å². The fourth-order valence-corrected chi connectivity index (χ4v) is 3.79. The summed E-state index contributed by atoms with van der Waals surface area (Å²) >= 11 is 1.15. The molecular formula is C20H25N5O4S. The van der Waals surface area contributed by atoms with E-state index in [-0.39, 0.29) is 23.2 Å². The molecule has 0 spiro atoms. The van der Waals surface area contributed by atoms with Gasteiger partial charge in [-0.05, 0) is 25.0 Å². The minimum atomic E-state index is -0.666. The predicted octanol–water partition coefficient (Wildman–Crippen LogP) is 2.60. The van der Waals surface area contributed by atoms with Gasteiger partial charge in [-0.1, -0.05) is 44.2 Å². The quantitative estimate of drug-likeness (QED) is 0.499. The van der Waals surface area contributed by atoms with Crippen LogP contribution in [0, 0.1) is 0 Å². The Bertz CT molecular complexity index is 1120. The van der Waals surface area contributed by atoms with Crippen molar-refractivity contribution in [3.8, 4) is 0 Å². The number of amides is 1. The van der Waals surface area contributed by atoms with Gasteiger partial charge in [0, 0.05) is 13.1 Å².